The third kappa shape index (κ3) is 3.57. The lowest BCUT2D eigenvalue weighted by Gasteiger charge is -2.14. The Labute approximate surface area is 138 Å². The molecule has 9 heteroatoms. The van der Waals surface area contributed by atoms with Crippen LogP contribution in [-0.4, -0.2) is 66.2 Å². The van der Waals surface area contributed by atoms with E-state index in [1.54, 1.807) is 0 Å². The number of hydrogen-bond donors (Lipinski definition) is 1. The van der Waals surface area contributed by atoms with Gasteiger partial charge in [0.1, 0.15) is 5.56 Å². The number of nitro benzene ring substituents is 1. The molecule has 0 saturated heterocycles. The highest BCUT2D eigenvalue weighted by atomic mass is 16.6. The third-order valence-electron chi connectivity index (χ3n) is 3.62. The largest absolute Gasteiger partial charge is 0.355 e. The zero-order chi connectivity index (χ0) is 17.9. The average Bonchev–Trinajstić information content (AvgIpc) is 2.76. The van der Waals surface area contributed by atoms with Gasteiger partial charge in [-0.3, -0.25) is 29.4 Å². The topological polar surface area (TPSA) is 113 Å². The normalized spacial score (nSPS) is 13.4. The maximum absolute atomic E-state index is 12.3. The highest BCUT2D eigenvalue weighted by Gasteiger charge is 2.40. The van der Waals surface area contributed by atoms with Gasteiger partial charge in [0.05, 0.1) is 10.5 Å². The van der Waals surface area contributed by atoms with Crippen molar-refractivity contribution in [1.82, 2.24) is 15.1 Å². The highest BCUT2D eigenvalue weighted by Crippen LogP contribution is 2.30. The van der Waals surface area contributed by atoms with Crippen molar-refractivity contribution in [1.29, 1.82) is 0 Å². The van der Waals surface area contributed by atoms with Gasteiger partial charge < -0.3 is 10.2 Å². The standard InChI is InChI=1S/C15H18N4O5/c1-17(2)9-7-16-12(20)6-8-18-14(21)10-4-3-5-11(19(23)24)13(10)15(18)22/h3-5H,6-9H2,1-2H3,(H,16,20). The number of carbonyl (C=O) groups is 3. The van der Waals surface area contributed by atoms with Gasteiger partial charge in [-0.15, -0.1) is 0 Å². The van der Waals surface area contributed by atoms with Gasteiger partial charge >= 0.3 is 0 Å². The molecule has 0 radical (unpaired) electrons. The number of benzene rings is 1. The summed E-state index contributed by atoms with van der Waals surface area (Å²) in [7, 11) is 3.75. The monoisotopic (exact) mass is 334 g/mol. The number of fused-ring (bicyclic) bond motifs is 1. The molecule has 1 N–H and O–H groups in total. The quantitative estimate of drug-likeness (QED) is 0.435. The van der Waals surface area contributed by atoms with Crippen molar-refractivity contribution in [3.8, 4) is 0 Å². The van der Waals surface area contributed by atoms with Gasteiger partial charge in [-0.1, -0.05) is 6.07 Å². The van der Waals surface area contributed by atoms with Gasteiger partial charge in [0.25, 0.3) is 17.5 Å². The minimum absolute atomic E-state index is 0.00205. The fourth-order valence-corrected chi connectivity index (χ4v) is 2.39. The van der Waals surface area contributed by atoms with Crippen molar-refractivity contribution in [2.24, 2.45) is 0 Å². The van der Waals surface area contributed by atoms with Crippen LogP contribution in [-0.2, 0) is 4.79 Å². The molecule has 0 atom stereocenters. The van der Waals surface area contributed by atoms with Crippen LogP contribution in [0.3, 0.4) is 0 Å². The van der Waals surface area contributed by atoms with Crippen molar-refractivity contribution in [3.63, 3.8) is 0 Å². The van der Waals surface area contributed by atoms with Crippen LogP contribution in [0.15, 0.2) is 18.2 Å². The zero-order valence-corrected chi connectivity index (χ0v) is 13.4. The van der Waals surface area contributed by atoms with E-state index in [-0.39, 0.29) is 30.0 Å². The Balaban J connectivity index is 2.02. The number of likely N-dealkylation sites (N-methyl/N-ethyl adjacent to an activating group) is 1. The Bertz CT molecular complexity index is 701. The summed E-state index contributed by atoms with van der Waals surface area (Å²) < 4.78 is 0. The first-order chi connectivity index (χ1) is 11.3. The number of imide groups is 1. The van der Waals surface area contributed by atoms with Crippen LogP contribution in [0.5, 0.6) is 0 Å². The van der Waals surface area contributed by atoms with Gasteiger partial charge in [-0.05, 0) is 20.2 Å². The number of nitrogens with one attached hydrogen (secondary N) is 1. The van der Waals surface area contributed by atoms with E-state index in [9.17, 15) is 24.5 Å². The summed E-state index contributed by atoms with van der Waals surface area (Å²) in [5.41, 5.74) is -0.605. The number of nitro groups is 1. The molecule has 0 bridgehead atoms. The first-order valence-corrected chi connectivity index (χ1v) is 7.38. The number of hydrogen-bond acceptors (Lipinski definition) is 6. The minimum Gasteiger partial charge on any atom is -0.355 e. The van der Waals surface area contributed by atoms with E-state index in [2.05, 4.69) is 5.32 Å². The number of amides is 3. The van der Waals surface area contributed by atoms with E-state index in [0.717, 1.165) is 4.90 Å². The molecule has 1 aromatic carbocycles. The van der Waals surface area contributed by atoms with Crippen LogP contribution in [0.2, 0.25) is 0 Å². The van der Waals surface area contributed by atoms with Gasteiger partial charge in [0, 0.05) is 32.1 Å². The second-order valence-electron chi connectivity index (χ2n) is 5.62. The number of nitrogens with zero attached hydrogens (tertiary/aromatic N) is 3. The molecule has 0 fully saturated rings. The molecule has 3 amide bonds. The third-order valence-corrected chi connectivity index (χ3v) is 3.62. The lowest BCUT2D eigenvalue weighted by atomic mass is 10.1. The molecule has 0 aliphatic carbocycles. The molecule has 0 unspecified atom stereocenters. The van der Waals surface area contributed by atoms with Crippen molar-refractivity contribution >= 4 is 23.4 Å². The summed E-state index contributed by atoms with van der Waals surface area (Å²) in [6.07, 6.45) is -0.0489. The highest BCUT2D eigenvalue weighted by molar-refractivity contribution is 6.23. The Kier molecular flexibility index (Phi) is 5.24. The summed E-state index contributed by atoms with van der Waals surface area (Å²) >= 11 is 0. The minimum atomic E-state index is -0.733. The average molecular weight is 334 g/mol. The molecule has 2 rings (SSSR count). The van der Waals surface area contributed by atoms with E-state index in [1.165, 1.54) is 18.2 Å². The molecule has 1 aliphatic heterocycles. The van der Waals surface area contributed by atoms with E-state index in [1.807, 2.05) is 19.0 Å². The van der Waals surface area contributed by atoms with Crippen molar-refractivity contribution in [3.05, 3.63) is 39.4 Å². The molecule has 1 aliphatic rings. The summed E-state index contributed by atoms with van der Waals surface area (Å²) in [4.78, 5) is 49.4. The fraction of sp³-hybridized carbons (Fsp3) is 0.400. The van der Waals surface area contributed by atoms with E-state index < -0.39 is 22.4 Å². The number of rotatable bonds is 7. The van der Waals surface area contributed by atoms with E-state index in [4.69, 9.17) is 0 Å². The second kappa shape index (κ2) is 7.18. The predicted molar refractivity (Wildman–Crippen MR) is 84.6 cm³/mol. The smallest absolute Gasteiger partial charge is 0.282 e. The Morgan fingerprint density at radius 1 is 1.29 bits per heavy atom. The predicted octanol–water partition coefficient (Wildman–Crippen LogP) is 0.259. The number of carbonyl (C=O) groups excluding carboxylic acids is 3. The molecule has 0 saturated carbocycles. The first-order valence-electron chi connectivity index (χ1n) is 7.38. The zero-order valence-electron chi connectivity index (χ0n) is 13.4. The summed E-state index contributed by atoms with van der Waals surface area (Å²) in [5.74, 6) is -1.63. The SMILES string of the molecule is CN(C)CCNC(=O)CCN1C(=O)c2cccc([N+](=O)[O-])c2C1=O. The lowest BCUT2D eigenvalue weighted by Crippen LogP contribution is -2.36. The molecular formula is C15H18N4O5. The van der Waals surface area contributed by atoms with E-state index in [0.29, 0.717) is 13.1 Å². The first kappa shape index (κ1) is 17.5. The molecule has 1 heterocycles. The van der Waals surface area contributed by atoms with E-state index >= 15 is 0 Å². The molecule has 24 heavy (non-hydrogen) atoms. The molecular weight excluding hydrogens is 316 g/mol. The molecule has 9 nitrogen and oxygen atoms in total. The summed E-state index contributed by atoms with van der Waals surface area (Å²) in [6, 6.07) is 3.92. The molecule has 0 aromatic heterocycles. The van der Waals surface area contributed by atoms with Crippen molar-refractivity contribution in [2.45, 2.75) is 6.42 Å². The van der Waals surface area contributed by atoms with Crippen molar-refractivity contribution < 1.29 is 19.3 Å². The second-order valence-corrected chi connectivity index (χ2v) is 5.62. The fourth-order valence-electron chi connectivity index (χ4n) is 2.39. The maximum atomic E-state index is 12.3. The van der Waals surface area contributed by atoms with Gasteiger partial charge in [0.15, 0.2) is 0 Å². The van der Waals surface area contributed by atoms with Gasteiger partial charge in [-0.2, -0.15) is 0 Å². The Morgan fingerprint density at radius 2 is 2.00 bits per heavy atom. The van der Waals surface area contributed by atoms with Crippen LogP contribution < -0.4 is 5.32 Å². The van der Waals surface area contributed by atoms with Gasteiger partial charge in [-0.25, -0.2) is 0 Å². The van der Waals surface area contributed by atoms with Gasteiger partial charge in [0.2, 0.25) is 5.91 Å². The summed E-state index contributed by atoms with van der Waals surface area (Å²) in [5, 5.41) is 13.7. The summed E-state index contributed by atoms with van der Waals surface area (Å²) in [6.45, 7) is 1.02. The Hall–Kier alpha value is -2.81. The van der Waals surface area contributed by atoms with Crippen LogP contribution in [0, 0.1) is 10.1 Å². The van der Waals surface area contributed by atoms with Crippen LogP contribution >= 0.6 is 0 Å². The molecule has 0 spiro atoms. The van der Waals surface area contributed by atoms with Crippen LogP contribution in [0.25, 0.3) is 0 Å². The van der Waals surface area contributed by atoms with Crippen LogP contribution in [0.4, 0.5) is 5.69 Å². The van der Waals surface area contributed by atoms with Crippen LogP contribution in [0.1, 0.15) is 27.1 Å². The molecule has 1 aromatic rings. The maximum Gasteiger partial charge on any atom is 0.282 e. The van der Waals surface area contributed by atoms with Crippen molar-refractivity contribution in [2.75, 3.05) is 33.7 Å². The Morgan fingerprint density at radius 3 is 2.62 bits per heavy atom. The molecule has 128 valence electrons. The lowest BCUT2D eigenvalue weighted by molar-refractivity contribution is -0.385.